The minimum absolute atomic E-state index is 0.707. The number of nitrogens with one attached hydrogen (secondary N) is 1. The second-order valence-electron chi connectivity index (χ2n) is 5.39. The zero-order valence-corrected chi connectivity index (χ0v) is 11.5. The van der Waals surface area contributed by atoms with Gasteiger partial charge in [-0.25, -0.2) is 0 Å². The summed E-state index contributed by atoms with van der Waals surface area (Å²) in [6, 6.07) is 2.96. The van der Waals surface area contributed by atoms with Crippen LogP contribution in [0, 0.1) is 18.8 Å². The summed E-state index contributed by atoms with van der Waals surface area (Å²) < 4.78 is 2.16. The Morgan fingerprint density at radius 2 is 2.24 bits per heavy atom. The van der Waals surface area contributed by atoms with E-state index >= 15 is 0 Å². The molecular formula is C14H25N3. The number of hydrogen-bond donors (Lipinski definition) is 1. The summed E-state index contributed by atoms with van der Waals surface area (Å²) in [5.74, 6) is 1.59. The van der Waals surface area contributed by atoms with Crippen LogP contribution in [0.1, 0.15) is 38.1 Å². The molecule has 3 heteroatoms. The Bertz CT molecular complexity index is 370. The first-order valence-electron chi connectivity index (χ1n) is 6.86. The normalized spacial score (nSPS) is 28.8. The van der Waals surface area contributed by atoms with Crippen molar-refractivity contribution >= 4 is 0 Å². The predicted octanol–water partition coefficient (Wildman–Crippen LogP) is 2.39. The Labute approximate surface area is 105 Å². The molecule has 2 rings (SSSR count). The van der Waals surface area contributed by atoms with Crippen LogP contribution in [0.2, 0.25) is 0 Å². The molecule has 1 aromatic heterocycles. The molecule has 1 aliphatic rings. The molecule has 0 aromatic carbocycles. The first kappa shape index (κ1) is 12.6. The first-order valence-corrected chi connectivity index (χ1v) is 6.86. The lowest BCUT2D eigenvalue weighted by Gasteiger charge is -2.20. The highest BCUT2D eigenvalue weighted by Gasteiger charge is 2.32. The number of hydrogen-bond acceptors (Lipinski definition) is 2. The topological polar surface area (TPSA) is 29.9 Å². The molecule has 0 spiro atoms. The van der Waals surface area contributed by atoms with Crippen LogP contribution >= 0.6 is 0 Å². The van der Waals surface area contributed by atoms with Crippen molar-refractivity contribution in [2.24, 2.45) is 11.8 Å². The smallest absolute Gasteiger partial charge is 0.0596 e. The standard InChI is InChI=1S/C14H25N3/c1-5-17-13(8-10(2)16-17)9-12-6-7-14(15-4)11(12)3/h8,11-12,14-15H,5-7,9H2,1-4H3. The molecule has 1 aliphatic carbocycles. The van der Waals surface area contributed by atoms with Gasteiger partial charge in [-0.2, -0.15) is 5.10 Å². The molecule has 17 heavy (non-hydrogen) atoms. The van der Waals surface area contributed by atoms with E-state index in [0.29, 0.717) is 6.04 Å². The van der Waals surface area contributed by atoms with E-state index in [1.807, 2.05) is 0 Å². The summed E-state index contributed by atoms with van der Waals surface area (Å²) in [5.41, 5.74) is 2.57. The van der Waals surface area contributed by atoms with Gasteiger partial charge in [0.15, 0.2) is 0 Å². The molecule has 0 radical (unpaired) electrons. The fraction of sp³-hybridized carbons (Fsp3) is 0.786. The molecule has 1 fully saturated rings. The van der Waals surface area contributed by atoms with Gasteiger partial charge in [0, 0.05) is 18.3 Å². The summed E-state index contributed by atoms with van der Waals surface area (Å²) >= 11 is 0. The van der Waals surface area contributed by atoms with Gasteiger partial charge in [-0.3, -0.25) is 4.68 Å². The largest absolute Gasteiger partial charge is 0.317 e. The van der Waals surface area contributed by atoms with E-state index in [2.05, 4.69) is 49.0 Å². The average molecular weight is 235 g/mol. The number of rotatable bonds is 4. The lowest BCUT2D eigenvalue weighted by molar-refractivity contribution is 0.357. The van der Waals surface area contributed by atoms with Crippen LogP contribution < -0.4 is 5.32 Å². The SMILES string of the molecule is CCn1nc(C)cc1CC1CCC(NC)C1C. The second kappa shape index (κ2) is 5.21. The van der Waals surface area contributed by atoms with E-state index in [1.165, 1.54) is 25.0 Å². The van der Waals surface area contributed by atoms with Crippen LogP contribution in [0.25, 0.3) is 0 Å². The maximum atomic E-state index is 4.54. The molecule has 96 valence electrons. The lowest BCUT2D eigenvalue weighted by Crippen LogP contribution is -2.30. The number of aryl methyl sites for hydroxylation is 2. The van der Waals surface area contributed by atoms with Crippen molar-refractivity contribution in [3.8, 4) is 0 Å². The molecule has 0 amide bonds. The Hall–Kier alpha value is -0.830. The summed E-state index contributed by atoms with van der Waals surface area (Å²) in [4.78, 5) is 0. The van der Waals surface area contributed by atoms with Gasteiger partial charge >= 0.3 is 0 Å². The van der Waals surface area contributed by atoms with Gasteiger partial charge in [-0.15, -0.1) is 0 Å². The Balaban J connectivity index is 2.06. The van der Waals surface area contributed by atoms with Gasteiger partial charge in [0.2, 0.25) is 0 Å². The maximum absolute atomic E-state index is 4.54. The second-order valence-corrected chi connectivity index (χ2v) is 5.39. The summed E-state index contributed by atoms with van der Waals surface area (Å²) in [7, 11) is 2.09. The first-order chi connectivity index (χ1) is 8.15. The Morgan fingerprint density at radius 3 is 2.82 bits per heavy atom. The number of nitrogens with zero attached hydrogens (tertiary/aromatic N) is 2. The molecule has 0 saturated heterocycles. The molecule has 3 unspecified atom stereocenters. The van der Waals surface area contributed by atoms with E-state index in [0.717, 1.165) is 24.1 Å². The van der Waals surface area contributed by atoms with E-state index in [-0.39, 0.29) is 0 Å². The maximum Gasteiger partial charge on any atom is 0.0596 e. The van der Waals surface area contributed by atoms with Crippen LogP contribution in [-0.4, -0.2) is 22.9 Å². The van der Waals surface area contributed by atoms with Gasteiger partial charge in [0.25, 0.3) is 0 Å². The third-order valence-electron chi connectivity index (χ3n) is 4.35. The molecule has 1 aromatic rings. The van der Waals surface area contributed by atoms with Crippen LogP contribution in [0.4, 0.5) is 0 Å². The summed E-state index contributed by atoms with van der Waals surface area (Å²) in [5, 5.41) is 7.98. The minimum atomic E-state index is 0.707. The van der Waals surface area contributed by atoms with Crippen LogP contribution in [0.15, 0.2) is 6.07 Å². The van der Waals surface area contributed by atoms with Crippen LogP contribution in [-0.2, 0) is 13.0 Å². The van der Waals surface area contributed by atoms with Crippen molar-refractivity contribution in [2.45, 2.75) is 52.6 Å². The molecule has 1 heterocycles. The fourth-order valence-electron chi connectivity index (χ4n) is 3.25. The van der Waals surface area contributed by atoms with E-state index in [9.17, 15) is 0 Å². The van der Waals surface area contributed by atoms with Gasteiger partial charge in [-0.05, 0) is 58.1 Å². The zero-order valence-electron chi connectivity index (χ0n) is 11.5. The van der Waals surface area contributed by atoms with Crippen molar-refractivity contribution in [1.82, 2.24) is 15.1 Å². The highest BCUT2D eigenvalue weighted by molar-refractivity contribution is 5.10. The Kier molecular flexibility index (Phi) is 3.87. The van der Waals surface area contributed by atoms with Gasteiger partial charge < -0.3 is 5.32 Å². The van der Waals surface area contributed by atoms with E-state index < -0.39 is 0 Å². The highest BCUT2D eigenvalue weighted by Crippen LogP contribution is 2.34. The quantitative estimate of drug-likeness (QED) is 0.868. The van der Waals surface area contributed by atoms with Gasteiger partial charge in [0.05, 0.1) is 5.69 Å². The third kappa shape index (κ3) is 2.54. The number of aromatic nitrogens is 2. The molecule has 0 bridgehead atoms. The van der Waals surface area contributed by atoms with Crippen LogP contribution in [0.5, 0.6) is 0 Å². The van der Waals surface area contributed by atoms with Crippen molar-refractivity contribution in [3.63, 3.8) is 0 Å². The molecule has 3 atom stereocenters. The minimum Gasteiger partial charge on any atom is -0.317 e. The van der Waals surface area contributed by atoms with Crippen molar-refractivity contribution in [2.75, 3.05) is 7.05 Å². The molecule has 1 N–H and O–H groups in total. The third-order valence-corrected chi connectivity index (χ3v) is 4.35. The predicted molar refractivity (Wildman–Crippen MR) is 71.1 cm³/mol. The van der Waals surface area contributed by atoms with Crippen molar-refractivity contribution in [1.29, 1.82) is 0 Å². The van der Waals surface area contributed by atoms with Crippen LogP contribution in [0.3, 0.4) is 0 Å². The monoisotopic (exact) mass is 235 g/mol. The van der Waals surface area contributed by atoms with Crippen molar-refractivity contribution < 1.29 is 0 Å². The lowest BCUT2D eigenvalue weighted by atomic mass is 9.91. The van der Waals surface area contributed by atoms with E-state index in [4.69, 9.17) is 0 Å². The highest BCUT2D eigenvalue weighted by atomic mass is 15.3. The summed E-state index contributed by atoms with van der Waals surface area (Å²) in [6.45, 7) is 7.63. The molecule has 1 saturated carbocycles. The molecular weight excluding hydrogens is 210 g/mol. The van der Waals surface area contributed by atoms with E-state index in [1.54, 1.807) is 0 Å². The fourth-order valence-corrected chi connectivity index (χ4v) is 3.25. The summed E-state index contributed by atoms with van der Waals surface area (Å²) in [6.07, 6.45) is 3.86. The van der Waals surface area contributed by atoms with Gasteiger partial charge in [-0.1, -0.05) is 6.92 Å². The molecule has 3 nitrogen and oxygen atoms in total. The van der Waals surface area contributed by atoms with Gasteiger partial charge in [0.1, 0.15) is 0 Å². The van der Waals surface area contributed by atoms with Crippen molar-refractivity contribution in [3.05, 3.63) is 17.5 Å². The average Bonchev–Trinajstić information content (AvgIpc) is 2.84. The zero-order chi connectivity index (χ0) is 12.4. The Morgan fingerprint density at radius 1 is 1.47 bits per heavy atom. The molecule has 0 aliphatic heterocycles.